The molecule has 0 radical (unpaired) electrons. The van der Waals surface area contributed by atoms with Crippen LogP contribution in [0, 0.1) is 11.8 Å². The molecule has 0 unspecified atom stereocenters. The maximum atomic E-state index is 13.9. The first-order valence-corrected chi connectivity index (χ1v) is 17.4. The van der Waals surface area contributed by atoms with Crippen LogP contribution in [0.15, 0.2) is 48.5 Å². The SMILES string of the molecule is COc1ccc(C[C@@H]2NC(=O)[C@@H](NC(=O)[C@@H](C)N)Cc3ccc(cc3)OC[C@H](CC(C)C)NC(=O)CN(CC3CC3)C(=O)[C@@H](C)NC2=O)cc1.Cl. The molecule has 6 N–H and O–H groups in total. The van der Waals surface area contributed by atoms with Gasteiger partial charge in [0.2, 0.25) is 29.5 Å². The van der Waals surface area contributed by atoms with E-state index in [9.17, 15) is 24.0 Å². The Bertz CT molecular complexity index is 1480. The predicted molar refractivity (Wildman–Crippen MR) is 195 cm³/mol. The molecule has 280 valence electrons. The molecular weight excluding hydrogens is 676 g/mol. The van der Waals surface area contributed by atoms with E-state index in [0.717, 1.165) is 24.0 Å². The lowest BCUT2D eigenvalue weighted by atomic mass is 10.0. The molecule has 0 saturated heterocycles. The Balaban J connectivity index is 0.00000702. The lowest BCUT2D eigenvalue weighted by Gasteiger charge is -2.29. The zero-order valence-electron chi connectivity index (χ0n) is 30.1. The molecule has 0 aromatic heterocycles. The summed E-state index contributed by atoms with van der Waals surface area (Å²) in [6.45, 7) is 7.67. The molecule has 2 heterocycles. The zero-order chi connectivity index (χ0) is 36.4. The number of ether oxygens (including phenoxy) is 2. The maximum absolute atomic E-state index is 13.9. The average Bonchev–Trinajstić information content (AvgIpc) is 3.90. The number of amides is 5. The number of nitrogens with zero attached hydrogens (tertiary/aromatic N) is 1. The van der Waals surface area contributed by atoms with Gasteiger partial charge in [-0.1, -0.05) is 38.1 Å². The van der Waals surface area contributed by atoms with E-state index < -0.39 is 47.8 Å². The van der Waals surface area contributed by atoms with E-state index in [1.165, 1.54) is 11.8 Å². The van der Waals surface area contributed by atoms with Gasteiger partial charge < -0.3 is 41.4 Å². The lowest BCUT2D eigenvalue weighted by Crippen LogP contribution is -2.58. The smallest absolute Gasteiger partial charge is 0.245 e. The molecule has 13 nitrogen and oxygen atoms in total. The van der Waals surface area contributed by atoms with Gasteiger partial charge in [0.15, 0.2) is 0 Å². The monoisotopic (exact) mass is 728 g/mol. The van der Waals surface area contributed by atoms with Crippen molar-refractivity contribution in [2.24, 2.45) is 17.6 Å². The maximum Gasteiger partial charge on any atom is 0.245 e. The fourth-order valence-electron chi connectivity index (χ4n) is 5.82. The van der Waals surface area contributed by atoms with Crippen LogP contribution < -0.4 is 36.5 Å². The molecule has 1 aliphatic carbocycles. The molecule has 14 heteroatoms. The molecular formula is C37H53ClN6O7. The third-order valence-electron chi connectivity index (χ3n) is 8.76. The van der Waals surface area contributed by atoms with Gasteiger partial charge in [-0.05, 0) is 80.3 Å². The molecule has 51 heavy (non-hydrogen) atoms. The number of methoxy groups -OCH3 is 1. The third kappa shape index (κ3) is 13.0. The van der Waals surface area contributed by atoms with E-state index in [0.29, 0.717) is 30.4 Å². The van der Waals surface area contributed by atoms with E-state index in [4.69, 9.17) is 15.2 Å². The average molecular weight is 729 g/mol. The number of fused-ring (bicyclic) bond motifs is 17. The van der Waals surface area contributed by atoms with Crippen molar-refractivity contribution < 1.29 is 33.4 Å². The normalized spacial score (nSPS) is 22.8. The summed E-state index contributed by atoms with van der Waals surface area (Å²) < 4.78 is 11.3. The molecule has 2 aromatic rings. The van der Waals surface area contributed by atoms with Crippen LogP contribution in [0.2, 0.25) is 0 Å². The van der Waals surface area contributed by atoms with Gasteiger partial charge in [-0.2, -0.15) is 0 Å². The molecule has 5 atom stereocenters. The topological polar surface area (TPSA) is 181 Å². The van der Waals surface area contributed by atoms with Crippen LogP contribution >= 0.6 is 12.4 Å². The molecule has 3 aliphatic rings. The van der Waals surface area contributed by atoms with E-state index in [-0.39, 0.29) is 56.3 Å². The summed E-state index contributed by atoms with van der Waals surface area (Å²) in [6, 6.07) is 9.85. The molecule has 2 aliphatic heterocycles. The summed E-state index contributed by atoms with van der Waals surface area (Å²) in [5.41, 5.74) is 7.29. The Morgan fingerprint density at radius 3 is 2.24 bits per heavy atom. The number of rotatable bonds is 9. The lowest BCUT2D eigenvalue weighted by molar-refractivity contribution is -0.140. The van der Waals surface area contributed by atoms with Crippen molar-refractivity contribution in [1.29, 1.82) is 0 Å². The fraction of sp³-hybridized carbons (Fsp3) is 0.541. The minimum Gasteiger partial charge on any atom is -0.497 e. The zero-order valence-corrected chi connectivity index (χ0v) is 30.9. The molecule has 2 aromatic carbocycles. The first kappa shape index (κ1) is 41.1. The van der Waals surface area contributed by atoms with E-state index in [2.05, 4.69) is 35.1 Å². The van der Waals surface area contributed by atoms with Crippen molar-refractivity contribution in [3.63, 3.8) is 0 Å². The van der Waals surface area contributed by atoms with Crippen LogP contribution in [-0.4, -0.2) is 91.5 Å². The van der Waals surface area contributed by atoms with E-state index in [1.807, 2.05) is 0 Å². The minimum atomic E-state index is -1.11. The van der Waals surface area contributed by atoms with Crippen molar-refractivity contribution >= 4 is 41.9 Å². The number of carbonyl (C=O) groups excluding carboxylic acids is 5. The highest BCUT2D eigenvalue weighted by Crippen LogP contribution is 2.30. The minimum absolute atomic E-state index is 0. The number of benzene rings is 2. The Hall–Kier alpha value is -4.36. The van der Waals surface area contributed by atoms with Crippen LogP contribution in [0.25, 0.3) is 0 Å². The Morgan fingerprint density at radius 2 is 1.65 bits per heavy atom. The number of nitrogens with two attached hydrogens (primary N) is 1. The predicted octanol–water partition coefficient (Wildman–Crippen LogP) is 1.89. The van der Waals surface area contributed by atoms with Crippen molar-refractivity contribution in [3.05, 3.63) is 59.7 Å². The molecule has 0 spiro atoms. The van der Waals surface area contributed by atoms with Gasteiger partial charge in [0.05, 0.1) is 25.7 Å². The highest BCUT2D eigenvalue weighted by atomic mass is 35.5. The van der Waals surface area contributed by atoms with E-state index >= 15 is 0 Å². The second-order valence-corrected chi connectivity index (χ2v) is 13.9. The van der Waals surface area contributed by atoms with Crippen molar-refractivity contribution in [1.82, 2.24) is 26.2 Å². The largest absolute Gasteiger partial charge is 0.497 e. The fourth-order valence-corrected chi connectivity index (χ4v) is 5.82. The molecule has 1 fully saturated rings. The Labute approximate surface area is 306 Å². The number of carbonyl (C=O) groups is 5. The van der Waals surface area contributed by atoms with Gasteiger partial charge >= 0.3 is 0 Å². The number of hydrogen-bond donors (Lipinski definition) is 5. The van der Waals surface area contributed by atoms with Crippen molar-refractivity contribution in [2.45, 2.75) is 90.0 Å². The van der Waals surface area contributed by atoms with Gasteiger partial charge in [-0.25, -0.2) is 0 Å². The van der Waals surface area contributed by atoms with Gasteiger partial charge in [-0.3, -0.25) is 24.0 Å². The van der Waals surface area contributed by atoms with Crippen LogP contribution in [-0.2, 0) is 36.8 Å². The summed E-state index contributed by atoms with van der Waals surface area (Å²) in [6.07, 6.45) is 2.79. The van der Waals surface area contributed by atoms with Crippen LogP contribution in [0.5, 0.6) is 11.5 Å². The summed E-state index contributed by atoms with van der Waals surface area (Å²) >= 11 is 0. The number of hydrogen-bond acceptors (Lipinski definition) is 8. The van der Waals surface area contributed by atoms with Gasteiger partial charge in [0.1, 0.15) is 36.2 Å². The second-order valence-electron chi connectivity index (χ2n) is 13.9. The number of nitrogens with one attached hydrogen (secondary N) is 4. The summed E-state index contributed by atoms with van der Waals surface area (Å²) in [4.78, 5) is 69.1. The first-order valence-electron chi connectivity index (χ1n) is 17.4. The van der Waals surface area contributed by atoms with Crippen LogP contribution in [0.1, 0.15) is 58.1 Å². The van der Waals surface area contributed by atoms with Gasteiger partial charge in [0.25, 0.3) is 0 Å². The molecule has 5 rings (SSSR count). The Kier molecular flexibility index (Phi) is 15.5. The van der Waals surface area contributed by atoms with Crippen molar-refractivity contribution in [2.75, 3.05) is 26.8 Å². The second kappa shape index (κ2) is 19.3. The Morgan fingerprint density at radius 1 is 0.980 bits per heavy atom. The summed E-state index contributed by atoms with van der Waals surface area (Å²) in [5, 5.41) is 11.4. The number of halogens is 1. The quantitative estimate of drug-likeness (QED) is 0.243. The highest BCUT2D eigenvalue weighted by Gasteiger charge is 2.33. The van der Waals surface area contributed by atoms with E-state index in [1.54, 1.807) is 62.6 Å². The first-order chi connectivity index (χ1) is 23.8. The van der Waals surface area contributed by atoms with Gasteiger partial charge in [0, 0.05) is 19.4 Å². The van der Waals surface area contributed by atoms with Crippen LogP contribution in [0.3, 0.4) is 0 Å². The highest BCUT2D eigenvalue weighted by molar-refractivity contribution is 5.95. The molecule has 1 saturated carbocycles. The standard InChI is InChI=1S/C37H52N6O7.ClH/c1-22(2)16-28-21-50-30-14-10-26(11-15-30)18-32(41-34(45)23(3)38)36(47)42-31(17-25-8-12-29(49-5)13-9-25)35(46)39-24(4)37(48)43(19-27-6-7-27)20-33(44)40-28;/h8-15,22-24,27-28,31-32H,6-7,16-21,38H2,1-5H3,(H,39,46)(H,40,44)(H,41,45)(H,42,47);1H/t23-,24-,28+,31+,32+;/m1./s1. The third-order valence-corrected chi connectivity index (χ3v) is 8.76. The summed E-state index contributed by atoms with van der Waals surface area (Å²) in [7, 11) is 1.55. The van der Waals surface area contributed by atoms with Gasteiger partial charge in [-0.15, -0.1) is 12.4 Å². The van der Waals surface area contributed by atoms with Crippen molar-refractivity contribution in [3.8, 4) is 11.5 Å². The summed E-state index contributed by atoms with van der Waals surface area (Å²) in [5.74, 6) is -0.640. The van der Waals surface area contributed by atoms with Crippen LogP contribution in [0.4, 0.5) is 0 Å². The molecule has 5 amide bonds. The molecule has 2 bridgehead atoms.